The molecule has 0 heterocycles. The van der Waals surface area contributed by atoms with Crippen molar-refractivity contribution < 1.29 is 39.3 Å². The summed E-state index contributed by atoms with van der Waals surface area (Å²) in [5.74, 6) is -3.99. The summed E-state index contributed by atoms with van der Waals surface area (Å²) in [6.45, 7) is -0.686. The van der Waals surface area contributed by atoms with E-state index in [-0.39, 0.29) is 31.4 Å². The number of phenolic OH excluding ortho intramolecular Hbond substituents is 1. The Morgan fingerprint density at radius 2 is 1.47 bits per heavy atom. The summed E-state index contributed by atoms with van der Waals surface area (Å²) in [6, 6.07) is 0.721. The van der Waals surface area contributed by atoms with Crippen LogP contribution in [0.1, 0.15) is 24.8 Å². The molecule has 10 N–H and O–H groups in total. The highest BCUT2D eigenvalue weighted by molar-refractivity contribution is 7.98. The molecule has 200 valence electrons. The number of aliphatic carboxylic acids is 1. The number of carboxylic acid groups (broad SMARTS) is 1. The second-order valence-electron chi connectivity index (χ2n) is 7.97. The van der Waals surface area contributed by atoms with E-state index in [4.69, 9.17) is 16.6 Å². The molecule has 0 spiro atoms. The number of thioether (sulfide) groups is 1. The number of phenols is 1. The van der Waals surface area contributed by atoms with Crippen molar-refractivity contribution in [3.05, 3.63) is 29.8 Å². The summed E-state index contributed by atoms with van der Waals surface area (Å²) in [6.07, 6.45) is 1.40. The van der Waals surface area contributed by atoms with E-state index < -0.39 is 60.4 Å². The normalized spacial score (nSPS) is 14.1. The predicted molar refractivity (Wildman–Crippen MR) is 132 cm³/mol. The number of nitrogens with two attached hydrogens (primary N) is 2. The molecule has 4 atom stereocenters. The molecule has 0 bridgehead atoms. The number of hydrogen-bond donors (Lipinski definition) is 8. The minimum Gasteiger partial charge on any atom is -0.508 e. The third-order valence-corrected chi connectivity index (χ3v) is 5.72. The first-order valence-electron chi connectivity index (χ1n) is 11.0. The number of nitrogens with one attached hydrogen (secondary N) is 3. The number of carbonyl (C=O) groups is 5. The van der Waals surface area contributed by atoms with Gasteiger partial charge in [-0.3, -0.25) is 19.2 Å². The van der Waals surface area contributed by atoms with Gasteiger partial charge in [-0.05, 0) is 42.5 Å². The standard InChI is InChI=1S/C22H33N5O8S/c1-36-9-8-16(22(34)35)26-21(33)17(10-12-2-4-13(29)5-3-12)27-20(32)15(6-7-18(24)30)25-19(31)14(23)11-28/h2-5,14-17,28-29H,6-11,23H2,1H3,(H2,24,30)(H,25,31)(H,26,33)(H,27,32)(H,34,35). The van der Waals surface area contributed by atoms with Gasteiger partial charge >= 0.3 is 5.97 Å². The first-order valence-corrected chi connectivity index (χ1v) is 12.4. The van der Waals surface area contributed by atoms with Crippen molar-refractivity contribution in [2.24, 2.45) is 11.5 Å². The molecule has 0 aliphatic rings. The van der Waals surface area contributed by atoms with Crippen molar-refractivity contribution in [3.8, 4) is 5.75 Å². The first kappa shape index (κ1) is 30.7. The summed E-state index contributed by atoms with van der Waals surface area (Å²) in [5.41, 5.74) is 11.2. The highest BCUT2D eigenvalue weighted by atomic mass is 32.2. The van der Waals surface area contributed by atoms with Gasteiger partial charge in [0.15, 0.2) is 0 Å². The molecule has 0 saturated carbocycles. The van der Waals surface area contributed by atoms with Crippen molar-refractivity contribution in [1.29, 1.82) is 0 Å². The Morgan fingerprint density at radius 3 is 2.00 bits per heavy atom. The second kappa shape index (κ2) is 15.6. The predicted octanol–water partition coefficient (Wildman–Crippen LogP) is -2.19. The maximum absolute atomic E-state index is 13.0. The summed E-state index contributed by atoms with van der Waals surface area (Å²) in [5, 5.41) is 35.3. The molecule has 13 nitrogen and oxygen atoms in total. The van der Waals surface area contributed by atoms with Gasteiger partial charge in [-0.15, -0.1) is 0 Å². The number of amides is 4. The van der Waals surface area contributed by atoms with Gasteiger partial charge in [0.1, 0.15) is 29.9 Å². The zero-order chi connectivity index (χ0) is 27.3. The van der Waals surface area contributed by atoms with Crippen molar-refractivity contribution in [1.82, 2.24) is 16.0 Å². The lowest BCUT2D eigenvalue weighted by atomic mass is 10.0. The van der Waals surface area contributed by atoms with Gasteiger partial charge in [0.05, 0.1) is 6.61 Å². The molecule has 0 aromatic heterocycles. The number of carboxylic acids is 1. The van der Waals surface area contributed by atoms with Gasteiger partial charge in [-0.2, -0.15) is 11.8 Å². The number of benzene rings is 1. The van der Waals surface area contributed by atoms with Crippen molar-refractivity contribution >= 4 is 41.4 Å². The van der Waals surface area contributed by atoms with Crippen LogP contribution in [-0.2, 0) is 30.4 Å². The van der Waals surface area contributed by atoms with E-state index in [1.165, 1.54) is 36.0 Å². The first-order chi connectivity index (χ1) is 17.0. The van der Waals surface area contributed by atoms with Gasteiger partial charge < -0.3 is 42.7 Å². The van der Waals surface area contributed by atoms with Crippen LogP contribution in [0, 0.1) is 0 Å². The molecule has 0 fully saturated rings. The number of hydrogen-bond acceptors (Lipinski definition) is 9. The minimum atomic E-state index is -1.32. The molecule has 14 heteroatoms. The van der Waals surface area contributed by atoms with Gasteiger partial charge in [0, 0.05) is 12.8 Å². The van der Waals surface area contributed by atoms with Crippen LogP contribution >= 0.6 is 11.8 Å². The summed E-state index contributed by atoms with van der Waals surface area (Å²) in [4.78, 5) is 61.0. The fourth-order valence-corrected chi connectivity index (χ4v) is 3.50. The van der Waals surface area contributed by atoms with E-state index in [0.717, 1.165) is 0 Å². The Hall–Kier alpha value is -3.36. The summed E-state index contributed by atoms with van der Waals surface area (Å²) < 4.78 is 0. The summed E-state index contributed by atoms with van der Waals surface area (Å²) in [7, 11) is 0. The topological polar surface area (TPSA) is 234 Å². The Labute approximate surface area is 212 Å². The zero-order valence-electron chi connectivity index (χ0n) is 19.8. The van der Waals surface area contributed by atoms with Gasteiger partial charge in [-0.1, -0.05) is 12.1 Å². The largest absolute Gasteiger partial charge is 0.508 e. The molecule has 0 aliphatic carbocycles. The van der Waals surface area contributed by atoms with Crippen molar-refractivity contribution in [2.45, 2.75) is 49.9 Å². The maximum atomic E-state index is 13.0. The van der Waals surface area contributed by atoms with E-state index in [1.807, 2.05) is 0 Å². The zero-order valence-corrected chi connectivity index (χ0v) is 20.6. The minimum absolute atomic E-state index is 0.0127. The van der Waals surface area contributed by atoms with Crippen LogP contribution in [0.15, 0.2) is 24.3 Å². The van der Waals surface area contributed by atoms with Gasteiger partial charge in [0.25, 0.3) is 0 Å². The highest BCUT2D eigenvalue weighted by Gasteiger charge is 2.30. The molecule has 0 aliphatic heterocycles. The average molecular weight is 528 g/mol. The Balaban J connectivity index is 3.15. The molecular weight excluding hydrogens is 494 g/mol. The molecule has 1 rings (SSSR count). The third-order valence-electron chi connectivity index (χ3n) is 5.08. The molecular formula is C22H33N5O8S. The van der Waals surface area contributed by atoms with E-state index in [2.05, 4.69) is 16.0 Å². The monoisotopic (exact) mass is 527 g/mol. The number of aromatic hydroxyl groups is 1. The number of aliphatic hydroxyl groups is 1. The smallest absolute Gasteiger partial charge is 0.326 e. The van der Waals surface area contributed by atoms with Crippen LogP contribution in [0.4, 0.5) is 0 Å². The van der Waals surface area contributed by atoms with Crippen molar-refractivity contribution in [2.75, 3.05) is 18.6 Å². The van der Waals surface area contributed by atoms with E-state index in [9.17, 15) is 34.2 Å². The molecule has 4 amide bonds. The Kier molecular flexibility index (Phi) is 13.3. The van der Waals surface area contributed by atoms with E-state index >= 15 is 0 Å². The average Bonchev–Trinajstić information content (AvgIpc) is 2.83. The molecule has 1 aromatic rings. The third kappa shape index (κ3) is 10.9. The fourth-order valence-electron chi connectivity index (χ4n) is 3.03. The van der Waals surface area contributed by atoms with E-state index in [0.29, 0.717) is 11.3 Å². The lowest BCUT2D eigenvalue weighted by molar-refractivity contribution is -0.142. The van der Waals surface area contributed by atoms with Crippen LogP contribution in [0.5, 0.6) is 5.75 Å². The van der Waals surface area contributed by atoms with Crippen LogP contribution in [-0.4, -0.2) is 87.7 Å². The SMILES string of the molecule is CSCCC(NC(=O)C(Cc1ccc(O)cc1)NC(=O)C(CCC(N)=O)NC(=O)C(N)CO)C(=O)O. The fraction of sp³-hybridized carbons (Fsp3) is 0.500. The molecule has 0 saturated heterocycles. The van der Waals surface area contributed by atoms with Gasteiger partial charge in [-0.25, -0.2) is 4.79 Å². The summed E-state index contributed by atoms with van der Waals surface area (Å²) >= 11 is 1.40. The molecule has 1 aromatic carbocycles. The van der Waals surface area contributed by atoms with Crippen molar-refractivity contribution in [3.63, 3.8) is 0 Å². The quantitative estimate of drug-likeness (QED) is 0.116. The van der Waals surface area contributed by atoms with E-state index in [1.54, 1.807) is 6.26 Å². The number of rotatable bonds is 16. The molecule has 36 heavy (non-hydrogen) atoms. The number of carbonyl (C=O) groups excluding carboxylic acids is 4. The van der Waals surface area contributed by atoms with Crippen LogP contribution in [0.25, 0.3) is 0 Å². The molecule has 0 radical (unpaired) electrons. The Bertz CT molecular complexity index is 914. The lowest BCUT2D eigenvalue weighted by Crippen LogP contribution is -2.58. The number of primary amides is 1. The van der Waals surface area contributed by atoms with Gasteiger partial charge in [0.2, 0.25) is 23.6 Å². The highest BCUT2D eigenvalue weighted by Crippen LogP contribution is 2.12. The Morgan fingerprint density at radius 1 is 0.917 bits per heavy atom. The van der Waals surface area contributed by atoms with Crippen LogP contribution in [0.2, 0.25) is 0 Å². The number of aliphatic hydroxyl groups excluding tert-OH is 1. The molecule has 4 unspecified atom stereocenters. The van der Waals surface area contributed by atoms with Crippen LogP contribution in [0.3, 0.4) is 0 Å². The van der Waals surface area contributed by atoms with Crippen LogP contribution < -0.4 is 27.4 Å². The maximum Gasteiger partial charge on any atom is 0.326 e. The lowest BCUT2D eigenvalue weighted by Gasteiger charge is -2.25. The second-order valence-corrected chi connectivity index (χ2v) is 8.95.